The summed E-state index contributed by atoms with van der Waals surface area (Å²) in [6, 6.07) is 6.34. The van der Waals surface area contributed by atoms with Crippen LogP contribution in [-0.2, 0) is 11.2 Å². The molecule has 0 saturated carbocycles. The SMILES string of the molecule is CC1Sc2ccc(CCCCN)cc2NC1=O. The van der Waals surface area contributed by atoms with E-state index in [-0.39, 0.29) is 11.2 Å². The minimum atomic E-state index is 0.00518. The van der Waals surface area contributed by atoms with Crippen molar-refractivity contribution in [1.82, 2.24) is 0 Å². The molecule has 0 spiro atoms. The summed E-state index contributed by atoms with van der Waals surface area (Å²) in [7, 11) is 0. The number of amides is 1. The molecule has 1 aromatic carbocycles. The molecule has 3 N–H and O–H groups in total. The van der Waals surface area contributed by atoms with Crippen LogP contribution in [0.4, 0.5) is 5.69 Å². The molecule has 0 aromatic heterocycles. The lowest BCUT2D eigenvalue weighted by Gasteiger charge is -2.21. The lowest BCUT2D eigenvalue weighted by Crippen LogP contribution is -2.26. The summed E-state index contributed by atoms with van der Waals surface area (Å²) in [5.41, 5.74) is 7.71. The van der Waals surface area contributed by atoms with Crippen LogP contribution in [0.3, 0.4) is 0 Å². The Labute approximate surface area is 106 Å². The summed E-state index contributed by atoms with van der Waals surface area (Å²) < 4.78 is 0. The van der Waals surface area contributed by atoms with E-state index in [1.54, 1.807) is 11.8 Å². The second kappa shape index (κ2) is 5.56. The molecule has 0 saturated heterocycles. The molecule has 17 heavy (non-hydrogen) atoms. The average molecular weight is 250 g/mol. The van der Waals surface area contributed by atoms with Crippen LogP contribution in [0, 0.1) is 0 Å². The number of unbranched alkanes of at least 4 members (excludes halogenated alkanes) is 1. The fourth-order valence-corrected chi connectivity index (χ4v) is 2.82. The van der Waals surface area contributed by atoms with Crippen LogP contribution >= 0.6 is 11.8 Å². The molecule has 4 heteroatoms. The topological polar surface area (TPSA) is 55.1 Å². The minimum Gasteiger partial charge on any atom is -0.330 e. The molecule has 0 bridgehead atoms. The number of hydrogen-bond donors (Lipinski definition) is 2. The fraction of sp³-hybridized carbons (Fsp3) is 0.462. The van der Waals surface area contributed by atoms with Gasteiger partial charge in [-0.1, -0.05) is 6.07 Å². The molecule has 2 rings (SSSR count). The van der Waals surface area contributed by atoms with Crippen LogP contribution in [0.2, 0.25) is 0 Å². The number of thioether (sulfide) groups is 1. The van der Waals surface area contributed by atoms with Crippen LogP contribution in [0.15, 0.2) is 23.1 Å². The van der Waals surface area contributed by atoms with Crippen molar-refractivity contribution in [2.75, 3.05) is 11.9 Å². The van der Waals surface area contributed by atoms with E-state index in [2.05, 4.69) is 23.5 Å². The Bertz CT molecular complexity index is 420. The second-order valence-corrected chi connectivity index (χ2v) is 5.71. The quantitative estimate of drug-likeness (QED) is 0.807. The Kier molecular flexibility index (Phi) is 4.07. The molecule has 3 nitrogen and oxygen atoms in total. The molecule has 0 fully saturated rings. The maximum Gasteiger partial charge on any atom is 0.237 e. The molecule has 1 unspecified atom stereocenters. The molecule has 0 aliphatic carbocycles. The molecule has 1 atom stereocenters. The Morgan fingerprint density at radius 3 is 3.00 bits per heavy atom. The third kappa shape index (κ3) is 3.01. The molecular formula is C13H18N2OS. The number of carbonyl (C=O) groups excluding carboxylic acids is 1. The average Bonchev–Trinajstić information content (AvgIpc) is 2.31. The molecule has 1 amide bonds. The number of aryl methyl sites for hydroxylation is 1. The molecule has 1 aliphatic rings. The van der Waals surface area contributed by atoms with Crippen LogP contribution in [-0.4, -0.2) is 17.7 Å². The first-order chi connectivity index (χ1) is 8.20. The van der Waals surface area contributed by atoms with Crippen molar-refractivity contribution in [3.05, 3.63) is 23.8 Å². The van der Waals surface area contributed by atoms with Gasteiger partial charge in [-0.25, -0.2) is 0 Å². The summed E-state index contributed by atoms with van der Waals surface area (Å²) in [6.45, 7) is 2.67. The zero-order chi connectivity index (χ0) is 12.3. The highest BCUT2D eigenvalue weighted by Crippen LogP contribution is 2.36. The summed E-state index contributed by atoms with van der Waals surface area (Å²) in [5, 5.41) is 2.96. The van der Waals surface area contributed by atoms with E-state index in [1.165, 1.54) is 10.5 Å². The van der Waals surface area contributed by atoms with E-state index in [4.69, 9.17) is 5.73 Å². The number of carbonyl (C=O) groups is 1. The minimum absolute atomic E-state index is 0.00518. The van der Waals surface area contributed by atoms with Gasteiger partial charge in [0.25, 0.3) is 0 Å². The van der Waals surface area contributed by atoms with Gasteiger partial charge in [-0.15, -0.1) is 11.8 Å². The number of nitrogens with one attached hydrogen (secondary N) is 1. The number of benzene rings is 1. The Morgan fingerprint density at radius 2 is 2.24 bits per heavy atom. The Morgan fingerprint density at radius 1 is 1.41 bits per heavy atom. The maximum atomic E-state index is 11.6. The molecule has 1 heterocycles. The van der Waals surface area contributed by atoms with E-state index >= 15 is 0 Å². The fourth-order valence-electron chi connectivity index (χ4n) is 1.88. The van der Waals surface area contributed by atoms with Crippen LogP contribution in [0.25, 0.3) is 0 Å². The van der Waals surface area contributed by atoms with E-state index in [0.717, 1.165) is 31.5 Å². The van der Waals surface area contributed by atoms with Gasteiger partial charge in [0.05, 0.1) is 10.9 Å². The summed E-state index contributed by atoms with van der Waals surface area (Å²) in [5.74, 6) is 0.0987. The van der Waals surface area contributed by atoms with Gasteiger partial charge in [0.15, 0.2) is 0 Å². The predicted molar refractivity (Wildman–Crippen MR) is 72.4 cm³/mol. The second-order valence-electron chi connectivity index (χ2n) is 4.33. The van der Waals surface area contributed by atoms with Gasteiger partial charge in [0, 0.05) is 4.90 Å². The highest BCUT2D eigenvalue weighted by atomic mass is 32.2. The van der Waals surface area contributed by atoms with E-state index < -0.39 is 0 Å². The predicted octanol–water partition coefficient (Wildman–Crippen LogP) is 2.40. The van der Waals surface area contributed by atoms with Crippen molar-refractivity contribution in [1.29, 1.82) is 0 Å². The number of hydrogen-bond acceptors (Lipinski definition) is 3. The van der Waals surface area contributed by atoms with Gasteiger partial charge < -0.3 is 11.1 Å². The van der Waals surface area contributed by atoms with Gasteiger partial charge in [0.1, 0.15) is 0 Å². The van der Waals surface area contributed by atoms with Crippen molar-refractivity contribution in [3.63, 3.8) is 0 Å². The molecule has 1 aromatic rings. The third-order valence-electron chi connectivity index (χ3n) is 2.89. The van der Waals surface area contributed by atoms with Crippen molar-refractivity contribution < 1.29 is 4.79 Å². The van der Waals surface area contributed by atoms with Crippen molar-refractivity contribution >= 4 is 23.4 Å². The van der Waals surface area contributed by atoms with Crippen LogP contribution in [0.5, 0.6) is 0 Å². The highest BCUT2D eigenvalue weighted by molar-refractivity contribution is 8.00. The van der Waals surface area contributed by atoms with Gasteiger partial charge in [-0.2, -0.15) is 0 Å². The van der Waals surface area contributed by atoms with E-state index in [9.17, 15) is 4.79 Å². The molecule has 0 radical (unpaired) electrons. The molecular weight excluding hydrogens is 232 g/mol. The van der Waals surface area contributed by atoms with Crippen molar-refractivity contribution in [2.45, 2.75) is 36.3 Å². The van der Waals surface area contributed by atoms with Gasteiger partial charge in [-0.05, 0) is 50.4 Å². The third-order valence-corrected chi connectivity index (χ3v) is 4.07. The normalized spacial score (nSPS) is 18.7. The number of nitrogens with two attached hydrogens (primary N) is 1. The van der Waals surface area contributed by atoms with Gasteiger partial charge in [-0.3, -0.25) is 4.79 Å². The van der Waals surface area contributed by atoms with Crippen molar-refractivity contribution in [3.8, 4) is 0 Å². The van der Waals surface area contributed by atoms with Crippen LogP contribution in [0.1, 0.15) is 25.3 Å². The van der Waals surface area contributed by atoms with Gasteiger partial charge in [0.2, 0.25) is 5.91 Å². The summed E-state index contributed by atoms with van der Waals surface area (Å²) >= 11 is 1.62. The molecule has 92 valence electrons. The summed E-state index contributed by atoms with van der Waals surface area (Å²) in [4.78, 5) is 12.7. The largest absolute Gasteiger partial charge is 0.330 e. The van der Waals surface area contributed by atoms with E-state index in [0.29, 0.717) is 0 Å². The monoisotopic (exact) mass is 250 g/mol. The number of fused-ring (bicyclic) bond motifs is 1. The van der Waals surface area contributed by atoms with Crippen LogP contribution < -0.4 is 11.1 Å². The zero-order valence-electron chi connectivity index (χ0n) is 10.0. The zero-order valence-corrected chi connectivity index (χ0v) is 10.8. The Hall–Kier alpha value is -1.00. The standard InChI is InChI=1S/C13H18N2OS/c1-9-13(16)15-11-8-10(4-2-3-7-14)5-6-12(11)17-9/h5-6,8-9H,2-4,7,14H2,1H3,(H,15,16). The lowest BCUT2D eigenvalue weighted by atomic mass is 10.1. The molecule has 1 aliphatic heterocycles. The first-order valence-corrected chi connectivity index (χ1v) is 6.89. The maximum absolute atomic E-state index is 11.6. The number of anilines is 1. The number of rotatable bonds is 4. The Balaban J connectivity index is 2.09. The summed E-state index contributed by atoms with van der Waals surface area (Å²) in [6.07, 6.45) is 3.18. The van der Waals surface area contributed by atoms with Gasteiger partial charge >= 0.3 is 0 Å². The highest BCUT2D eigenvalue weighted by Gasteiger charge is 2.22. The lowest BCUT2D eigenvalue weighted by molar-refractivity contribution is -0.115. The first-order valence-electron chi connectivity index (χ1n) is 6.01. The van der Waals surface area contributed by atoms with Crippen molar-refractivity contribution in [2.24, 2.45) is 5.73 Å². The van der Waals surface area contributed by atoms with E-state index in [1.807, 2.05) is 6.92 Å². The smallest absolute Gasteiger partial charge is 0.237 e. The first kappa shape index (κ1) is 12.5.